The molecule has 4 rings (SSSR count). The maximum absolute atomic E-state index is 12.8. The van der Waals surface area contributed by atoms with E-state index in [9.17, 15) is 13.2 Å². The van der Waals surface area contributed by atoms with Crippen molar-refractivity contribution in [2.45, 2.75) is 52.6 Å². The van der Waals surface area contributed by atoms with E-state index < -0.39 is 12.7 Å². The van der Waals surface area contributed by atoms with Gasteiger partial charge in [0.1, 0.15) is 6.54 Å². The Morgan fingerprint density at radius 2 is 0.867 bits per heavy atom. The minimum Gasteiger partial charge on any atom is -0.363 e. The molecule has 45 heavy (non-hydrogen) atoms. The van der Waals surface area contributed by atoms with Gasteiger partial charge in [0.15, 0.2) is 0 Å². The molecular formula is C35H38F3N7. The first-order valence-corrected chi connectivity index (χ1v) is 15.2. The Hall–Kier alpha value is -4.73. The van der Waals surface area contributed by atoms with Gasteiger partial charge in [0.2, 0.25) is 0 Å². The smallest absolute Gasteiger partial charge is 0.363 e. The summed E-state index contributed by atoms with van der Waals surface area (Å²) >= 11 is 0. The molecule has 0 amide bonds. The molecule has 0 aromatic heterocycles. The molecule has 0 atom stereocenters. The number of rotatable bonds is 14. The van der Waals surface area contributed by atoms with Gasteiger partial charge in [-0.05, 0) is 116 Å². The standard InChI is InChI=1S/C35H38F3N7/c1-4-26(5-2)7-8-27-9-11-28(12-10-27)39-40-29-13-15-30(16-14-29)41-42-31-17-19-32(20-18-31)43-44-33-21-23-34(24-22-33)45(6-3)25-35(36,37)38/h9-24,26H,4-8,25H2,1-3H3. The lowest BCUT2D eigenvalue weighted by Gasteiger charge is -2.24. The number of benzene rings is 4. The van der Waals surface area contributed by atoms with Gasteiger partial charge in [-0.3, -0.25) is 0 Å². The van der Waals surface area contributed by atoms with Crippen LogP contribution in [0.1, 0.15) is 45.6 Å². The summed E-state index contributed by atoms with van der Waals surface area (Å²) in [6.07, 6.45) is 0.489. The molecule has 0 spiro atoms. The third kappa shape index (κ3) is 11.0. The zero-order valence-electron chi connectivity index (χ0n) is 25.8. The molecule has 0 heterocycles. The van der Waals surface area contributed by atoms with Gasteiger partial charge in [-0.15, -0.1) is 0 Å². The van der Waals surface area contributed by atoms with Crippen molar-refractivity contribution >= 4 is 39.8 Å². The SMILES string of the molecule is CCC(CC)CCc1ccc(N=Nc2ccc(N=Nc3ccc(N=Nc4ccc(N(CC)CC(F)(F)F)cc4)cc3)cc2)cc1. The van der Waals surface area contributed by atoms with E-state index in [1.807, 2.05) is 36.4 Å². The van der Waals surface area contributed by atoms with Crippen LogP contribution < -0.4 is 4.90 Å². The van der Waals surface area contributed by atoms with E-state index in [0.717, 1.165) is 23.7 Å². The maximum Gasteiger partial charge on any atom is 0.405 e. The van der Waals surface area contributed by atoms with Crippen molar-refractivity contribution < 1.29 is 13.2 Å². The van der Waals surface area contributed by atoms with E-state index in [4.69, 9.17) is 0 Å². The fourth-order valence-electron chi connectivity index (χ4n) is 4.65. The van der Waals surface area contributed by atoms with Crippen molar-refractivity contribution in [2.75, 3.05) is 18.0 Å². The Morgan fingerprint density at radius 3 is 1.18 bits per heavy atom. The van der Waals surface area contributed by atoms with E-state index in [0.29, 0.717) is 28.4 Å². The minimum atomic E-state index is -4.27. The van der Waals surface area contributed by atoms with E-state index in [1.165, 1.54) is 29.7 Å². The Kier molecular flexibility index (Phi) is 12.1. The lowest BCUT2D eigenvalue weighted by molar-refractivity contribution is -0.119. The monoisotopic (exact) mass is 613 g/mol. The summed E-state index contributed by atoms with van der Waals surface area (Å²) < 4.78 is 38.3. The second kappa shape index (κ2) is 16.4. The van der Waals surface area contributed by atoms with E-state index in [1.54, 1.807) is 55.5 Å². The van der Waals surface area contributed by atoms with Crippen molar-refractivity contribution in [2.24, 2.45) is 36.6 Å². The predicted molar refractivity (Wildman–Crippen MR) is 175 cm³/mol. The van der Waals surface area contributed by atoms with Crippen LogP contribution in [0.25, 0.3) is 0 Å². The normalized spacial score (nSPS) is 12.2. The molecule has 0 aliphatic rings. The van der Waals surface area contributed by atoms with Crippen LogP contribution in [0.3, 0.4) is 0 Å². The van der Waals surface area contributed by atoms with Crippen LogP contribution in [0.4, 0.5) is 53.0 Å². The van der Waals surface area contributed by atoms with Crippen LogP contribution in [0, 0.1) is 5.92 Å². The van der Waals surface area contributed by atoms with Gasteiger partial charge in [0.05, 0.1) is 34.1 Å². The highest BCUT2D eigenvalue weighted by Gasteiger charge is 2.30. The van der Waals surface area contributed by atoms with Crippen molar-refractivity contribution in [3.63, 3.8) is 0 Å². The quantitative estimate of drug-likeness (QED) is 0.130. The summed E-state index contributed by atoms with van der Waals surface area (Å²) in [7, 11) is 0. The average Bonchev–Trinajstić information content (AvgIpc) is 3.06. The molecule has 4 aromatic rings. The first kappa shape index (κ1) is 33.2. The number of aryl methyl sites for hydroxylation is 1. The van der Waals surface area contributed by atoms with Crippen molar-refractivity contribution in [3.05, 3.63) is 103 Å². The second-order valence-corrected chi connectivity index (χ2v) is 10.7. The second-order valence-electron chi connectivity index (χ2n) is 10.7. The van der Waals surface area contributed by atoms with Crippen LogP contribution in [-0.2, 0) is 6.42 Å². The van der Waals surface area contributed by atoms with Gasteiger partial charge < -0.3 is 4.90 Å². The highest BCUT2D eigenvalue weighted by molar-refractivity contribution is 5.54. The molecule has 0 unspecified atom stereocenters. The number of hydrogen-bond acceptors (Lipinski definition) is 7. The number of hydrogen-bond donors (Lipinski definition) is 0. The average molecular weight is 614 g/mol. The van der Waals surface area contributed by atoms with E-state index in [-0.39, 0.29) is 6.54 Å². The number of halogens is 3. The highest BCUT2D eigenvalue weighted by Crippen LogP contribution is 2.28. The first-order chi connectivity index (χ1) is 21.7. The maximum atomic E-state index is 12.8. The van der Waals surface area contributed by atoms with Crippen molar-refractivity contribution in [1.29, 1.82) is 0 Å². The summed E-state index contributed by atoms with van der Waals surface area (Å²) in [5.41, 5.74) is 5.81. The van der Waals surface area contributed by atoms with Crippen molar-refractivity contribution in [1.82, 2.24) is 0 Å². The predicted octanol–water partition coefficient (Wildman–Crippen LogP) is 12.7. The Labute approximate surface area is 262 Å². The summed E-state index contributed by atoms with van der Waals surface area (Å²) in [6.45, 7) is 5.44. The molecule has 4 aromatic carbocycles. The zero-order chi connectivity index (χ0) is 32.1. The summed E-state index contributed by atoms with van der Waals surface area (Å²) in [5.74, 6) is 0.785. The lowest BCUT2D eigenvalue weighted by Crippen LogP contribution is -2.33. The number of nitrogens with zero attached hydrogens (tertiary/aromatic N) is 7. The Balaban J connectivity index is 1.27. The van der Waals surface area contributed by atoms with Crippen LogP contribution >= 0.6 is 0 Å². The molecular weight excluding hydrogens is 575 g/mol. The topological polar surface area (TPSA) is 77.4 Å². The lowest BCUT2D eigenvalue weighted by atomic mass is 9.95. The molecule has 0 bridgehead atoms. The van der Waals surface area contributed by atoms with Gasteiger partial charge in [-0.2, -0.15) is 43.9 Å². The van der Waals surface area contributed by atoms with Gasteiger partial charge in [0, 0.05) is 12.2 Å². The molecule has 10 heteroatoms. The van der Waals surface area contributed by atoms with Crippen LogP contribution in [-0.4, -0.2) is 19.3 Å². The third-order valence-corrected chi connectivity index (χ3v) is 7.44. The van der Waals surface area contributed by atoms with E-state index >= 15 is 0 Å². The Bertz CT molecular complexity index is 1540. The molecule has 0 saturated carbocycles. The molecule has 7 nitrogen and oxygen atoms in total. The molecule has 0 aliphatic heterocycles. The summed E-state index contributed by atoms with van der Waals surface area (Å²) in [4.78, 5) is 1.25. The van der Waals surface area contributed by atoms with E-state index in [2.05, 4.69) is 56.7 Å². The number of azo groups is 3. The number of alkyl halides is 3. The van der Waals surface area contributed by atoms with Gasteiger partial charge in [0.25, 0.3) is 0 Å². The van der Waals surface area contributed by atoms with Gasteiger partial charge >= 0.3 is 6.18 Å². The largest absolute Gasteiger partial charge is 0.405 e. The summed E-state index contributed by atoms with van der Waals surface area (Å²) in [5, 5.41) is 25.6. The highest BCUT2D eigenvalue weighted by atomic mass is 19.4. The van der Waals surface area contributed by atoms with Crippen LogP contribution in [0.15, 0.2) is 128 Å². The first-order valence-electron chi connectivity index (χ1n) is 15.2. The molecule has 234 valence electrons. The van der Waals surface area contributed by atoms with Crippen LogP contribution in [0.5, 0.6) is 0 Å². The fourth-order valence-corrected chi connectivity index (χ4v) is 4.65. The minimum absolute atomic E-state index is 0.246. The Morgan fingerprint density at radius 1 is 0.533 bits per heavy atom. The van der Waals surface area contributed by atoms with Crippen LogP contribution in [0.2, 0.25) is 0 Å². The summed E-state index contributed by atoms with van der Waals surface area (Å²) in [6, 6.07) is 29.2. The van der Waals surface area contributed by atoms with Gasteiger partial charge in [-0.1, -0.05) is 38.8 Å². The molecule has 0 aliphatic carbocycles. The fraction of sp³-hybridized carbons (Fsp3) is 0.314. The van der Waals surface area contributed by atoms with Gasteiger partial charge in [-0.25, -0.2) is 0 Å². The molecule has 0 saturated heterocycles. The molecule has 0 N–H and O–H groups in total. The number of anilines is 1. The zero-order valence-corrected chi connectivity index (χ0v) is 25.8. The van der Waals surface area contributed by atoms with Crippen molar-refractivity contribution in [3.8, 4) is 0 Å². The molecule has 0 radical (unpaired) electrons. The molecule has 0 fully saturated rings. The third-order valence-electron chi connectivity index (χ3n) is 7.44.